The van der Waals surface area contributed by atoms with Crippen LogP contribution < -0.4 is 5.32 Å². The lowest BCUT2D eigenvalue weighted by Gasteiger charge is -2.43. The Morgan fingerprint density at radius 2 is 2.10 bits per heavy atom. The van der Waals surface area contributed by atoms with E-state index >= 15 is 0 Å². The summed E-state index contributed by atoms with van der Waals surface area (Å²) in [4.78, 5) is 5.67. The van der Waals surface area contributed by atoms with Gasteiger partial charge in [-0.05, 0) is 57.7 Å². The number of thiophene rings is 1. The summed E-state index contributed by atoms with van der Waals surface area (Å²) in [6.45, 7) is 15.0. The Hall–Kier alpha value is -0.380. The Morgan fingerprint density at radius 1 is 1.35 bits per heavy atom. The molecule has 1 aliphatic rings. The molecule has 20 heavy (non-hydrogen) atoms. The molecule has 2 nitrogen and oxygen atoms in total. The zero-order valence-corrected chi connectivity index (χ0v) is 14.5. The predicted octanol–water partition coefficient (Wildman–Crippen LogP) is 3.96. The van der Waals surface area contributed by atoms with E-state index in [0.29, 0.717) is 12.1 Å². The highest BCUT2D eigenvalue weighted by molar-refractivity contribution is 7.12. The maximum absolute atomic E-state index is 3.73. The van der Waals surface area contributed by atoms with E-state index in [0.717, 1.165) is 19.0 Å². The van der Waals surface area contributed by atoms with E-state index in [2.05, 4.69) is 50.9 Å². The highest BCUT2D eigenvalue weighted by Crippen LogP contribution is 2.28. The van der Waals surface area contributed by atoms with E-state index in [-0.39, 0.29) is 0 Å². The highest BCUT2D eigenvalue weighted by Gasteiger charge is 2.31. The van der Waals surface area contributed by atoms with Crippen LogP contribution in [0.3, 0.4) is 0 Å². The van der Waals surface area contributed by atoms with Gasteiger partial charge < -0.3 is 5.32 Å². The summed E-state index contributed by atoms with van der Waals surface area (Å²) >= 11 is 1.97. The summed E-state index contributed by atoms with van der Waals surface area (Å²) in [7, 11) is 0. The number of piperidine rings is 1. The van der Waals surface area contributed by atoms with E-state index in [4.69, 9.17) is 0 Å². The van der Waals surface area contributed by atoms with Gasteiger partial charge in [-0.3, -0.25) is 4.90 Å². The van der Waals surface area contributed by atoms with Crippen LogP contribution in [0.5, 0.6) is 0 Å². The number of nitrogens with one attached hydrogen (secondary N) is 1. The average Bonchev–Trinajstić information content (AvgIpc) is 2.73. The second-order valence-electron chi connectivity index (χ2n) is 6.37. The SMILES string of the molecule is CCCNC1CCN(Cc2cc(C)c(C)s2)C(C)C1C. The Morgan fingerprint density at radius 3 is 2.70 bits per heavy atom. The van der Waals surface area contributed by atoms with Gasteiger partial charge in [-0.2, -0.15) is 0 Å². The number of hydrogen-bond donors (Lipinski definition) is 1. The maximum atomic E-state index is 3.73. The van der Waals surface area contributed by atoms with Gasteiger partial charge in [0, 0.05) is 34.9 Å². The fraction of sp³-hybridized carbons (Fsp3) is 0.765. The van der Waals surface area contributed by atoms with E-state index in [1.807, 2.05) is 11.3 Å². The molecule has 114 valence electrons. The molecular formula is C17H30N2S. The quantitative estimate of drug-likeness (QED) is 0.884. The highest BCUT2D eigenvalue weighted by atomic mass is 32.1. The number of nitrogens with zero attached hydrogens (tertiary/aromatic N) is 1. The molecule has 0 amide bonds. The number of likely N-dealkylation sites (tertiary alicyclic amines) is 1. The summed E-state index contributed by atoms with van der Waals surface area (Å²) in [5.74, 6) is 0.734. The Labute approximate surface area is 128 Å². The lowest BCUT2D eigenvalue weighted by atomic mass is 9.87. The largest absolute Gasteiger partial charge is 0.314 e. The van der Waals surface area contributed by atoms with E-state index in [1.54, 1.807) is 0 Å². The first kappa shape index (κ1) is 16.0. The molecule has 0 bridgehead atoms. The van der Waals surface area contributed by atoms with Gasteiger partial charge >= 0.3 is 0 Å². The van der Waals surface area contributed by atoms with Gasteiger partial charge in [0.05, 0.1) is 0 Å². The molecule has 3 unspecified atom stereocenters. The van der Waals surface area contributed by atoms with Crippen LogP contribution in [-0.2, 0) is 6.54 Å². The van der Waals surface area contributed by atoms with Crippen molar-refractivity contribution in [3.8, 4) is 0 Å². The lowest BCUT2D eigenvalue weighted by Crippen LogP contribution is -2.53. The molecule has 2 rings (SSSR count). The monoisotopic (exact) mass is 294 g/mol. The van der Waals surface area contributed by atoms with Gasteiger partial charge in [0.1, 0.15) is 0 Å². The predicted molar refractivity (Wildman–Crippen MR) is 89.5 cm³/mol. The second kappa shape index (κ2) is 7.06. The van der Waals surface area contributed by atoms with Crippen molar-refractivity contribution >= 4 is 11.3 Å². The Bertz CT molecular complexity index is 407. The topological polar surface area (TPSA) is 15.3 Å². The van der Waals surface area contributed by atoms with Crippen LogP contribution >= 0.6 is 11.3 Å². The summed E-state index contributed by atoms with van der Waals surface area (Å²) in [6, 6.07) is 3.74. The smallest absolute Gasteiger partial charge is 0.0331 e. The first-order chi connectivity index (χ1) is 9.52. The van der Waals surface area contributed by atoms with Crippen molar-refractivity contribution < 1.29 is 0 Å². The lowest BCUT2D eigenvalue weighted by molar-refractivity contribution is 0.0794. The molecule has 0 aliphatic carbocycles. The van der Waals surface area contributed by atoms with E-state index in [9.17, 15) is 0 Å². The zero-order valence-electron chi connectivity index (χ0n) is 13.7. The third-order valence-corrected chi connectivity index (χ3v) is 6.07. The summed E-state index contributed by atoms with van der Waals surface area (Å²) in [6.07, 6.45) is 2.52. The fourth-order valence-corrected chi connectivity index (χ4v) is 4.29. The first-order valence-electron chi connectivity index (χ1n) is 8.06. The molecule has 1 aromatic rings. The van der Waals surface area contributed by atoms with Crippen molar-refractivity contribution in [1.82, 2.24) is 10.2 Å². The van der Waals surface area contributed by atoms with Gasteiger partial charge in [-0.15, -0.1) is 11.3 Å². The van der Waals surface area contributed by atoms with Crippen molar-refractivity contribution in [2.45, 2.75) is 66.1 Å². The van der Waals surface area contributed by atoms with Crippen LogP contribution in [-0.4, -0.2) is 30.1 Å². The third-order valence-electron chi connectivity index (χ3n) is 4.93. The Kier molecular flexibility index (Phi) is 5.65. The normalized spacial score (nSPS) is 27.9. The molecule has 0 spiro atoms. The van der Waals surface area contributed by atoms with Crippen molar-refractivity contribution in [1.29, 1.82) is 0 Å². The van der Waals surface area contributed by atoms with E-state index in [1.165, 1.54) is 34.7 Å². The molecule has 0 radical (unpaired) electrons. The fourth-order valence-electron chi connectivity index (χ4n) is 3.21. The van der Waals surface area contributed by atoms with Gasteiger partial charge in [0.25, 0.3) is 0 Å². The van der Waals surface area contributed by atoms with Crippen LogP contribution in [0.4, 0.5) is 0 Å². The van der Waals surface area contributed by atoms with Crippen molar-refractivity contribution in [2.75, 3.05) is 13.1 Å². The standard InChI is InChI=1S/C17H30N2S/c1-6-8-18-17-7-9-19(14(4)13(17)3)11-16-10-12(2)15(5)20-16/h10,13-14,17-18H,6-9,11H2,1-5H3. The van der Waals surface area contributed by atoms with Crippen LogP contribution in [0.15, 0.2) is 6.07 Å². The molecule has 2 heterocycles. The minimum atomic E-state index is 0.667. The number of rotatable bonds is 5. The summed E-state index contributed by atoms with van der Waals surface area (Å²) in [5, 5.41) is 3.73. The minimum absolute atomic E-state index is 0.667. The van der Waals surface area contributed by atoms with Crippen molar-refractivity contribution in [3.05, 3.63) is 21.4 Å². The van der Waals surface area contributed by atoms with Crippen LogP contribution in [0.25, 0.3) is 0 Å². The average molecular weight is 295 g/mol. The Balaban J connectivity index is 1.94. The van der Waals surface area contributed by atoms with E-state index < -0.39 is 0 Å². The zero-order chi connectivity index (χ0) is 14.7. The molecule has 1 aromatic heterocycles. The number of hydrogen-bond acceptors (Lipinski definition) is 3. The van der Waals surface area contributed by atoms with Gasteiger partial charge in [-0.1, -0.05) is 13.8 Å². The first-order valence-corrected chi connectivity index (χ1v) is 8.88. The molecule has 0 saturated carbocycles. The molecule has 1 fully saturated rings. The molecular weight excluding hydrogens is 264 g/mol. The van der Waals surface area contributed by atoms with Crippen molar-refractivity contribution in [2.24, 2.45) is 5.92 Å². The minimum Gasteiger partial charge on any atom is -0.314 e. The van der Waals surface area contributed by atoms with Gasteiger partial charge in [0.2, 0.25) is 0 Å². The molecule has 1 saturated heterocycles. The molecule has 1 aliphatic heterocycles. The number of aryl methyl sites for hydroxylation is 2. The summed E-state index contributed by atoms with van der Waals surface area (Å²) < 4.78 is 0. The molecule has 3 heteroatoms. The second-order valence-corrected chi connectivity index (χ2v) is 7.71. The molecule has 3 atom stereocenters. The van der Waals surface area contributed by atoms with Crippen LogP contribution in [0.2, 0.25) is 0 Å². The van der Waals surface area contributed by atoms with Gasteiger partial charge in [0.15, 0.2) is 0 Å². The third kappa shape index (κ3) is 3.63. The van der Waals surface area contributed by atoms with Gasteiger partial charge in [-0.25, -0.2) is 0 Å². The van der Waals surface area contributed by atoms with Crippen LogP contribution in [0, 0.1) is 19.8 Å². The molecule has 1 N–H and O–H groups in total. The molecule has 0 aromatic carbocycles. The maximum Gasteiger partial charge on any atom is 0.0331 e. The summed E-state index contributed by atoms with van der Waals surface area (Å²) in [5.41, 5.74) is 1.45. The van der Waals surface area contributed by atoms with Crippen LogP contribution in [0.1, 0.15) is 48.9 Å². The van der Waals surface area contributed by atoms with Crippen molar-refractivity contribution in [3.63, 3.8) is 0 Å².